The largest absolute Gasteiger partial charge is 0.387 e. The highest BCUT2D eigenvalue weighted by Crippen LogP contribution is 2.36. The molecule has 0 aromatic heterocycles. The number of nitrogens with zero attached hydrogens (tertiary/aromatic N) is 3. The lowest BCUT2D eigenvalue weighted by molar-refractivity contribution is -0.266. The zero-order valence-corrected chi connectivity index (χ0v) is 16.5. The van der Waals surface area contributed by atoms with Crippen molar-refractivity contribution in [2.75, 3.05) is 6.61 Å². The summed E-state index contributed by atoms with van der Waals surface area (Å²) >= 11 is 4.22. The van der Waals surface area contributed by atoms with Crippen LogP contribution in [0.4, 0.5) is 0 Å². The van der Waals surface area contributed by atoms with Crippen LogP contribution in [0.5, 0.6) is 0 Å². The summed E-state index contributed by atoms with van der Waals surface area (Å²) in [5.74, 6) is 0. The minimum absolute atomic E-state index is 0.0463. The van der Waals surface area contributed by atoms with E-state index in [2.05, 4.69) is 22.7 Å². The van der Waals surface area contributed by atoms with Gasteiger partial charge in [-0.05, 0) is 16.7 Å². The number of hydrogen-bond donors (Lipinski definition) is 3. The van der Waals surface area contributed by atoms with E-state index in [1.54, 1.807) is 0 Å². The van der Waals surface area contributed by atoms with Crippen LogP contribution in [-0.4, -0.2) is 46.3 Å². The van der Waals surface area contributed by atoms with Gasteiger partial charge in [0.2, 0.25) is 5.72 Å². The quantitative estimate of drug-likeness (QED) is 0.264. The van der Waals surface area contributed by atoms with Crippen molar-refractivity contribution < 1.29 is 24.4 Å². The van der Waals surface area contributed by atoms with Crippen LogP contribution in [0.15, 0.2) is 65.8 Å². The highest BCUT2D eigenvalue weighted by atomic mass is 32.1. The third-order valence-electron chi connectivity index (χ3n) is 4.65. The van der Waals surface area contributed by atoms with Gasteiger partial charge >= 0.3 is 0 Å². The monoisotopic (exact) mass is 417 g/mol. The van der Waals surface area contributed by atoms with Gasteiger partial charge in [-0.2, -0.15) is 0 Å². The molecule has 0 unspecified atom stereocenters. The van der Waals surface area contributed by atoms with Crippen LogP contribution < -0.4 is 0 Å². The average Bonchev–Trinajstić information content (AvgIpc) is 2.73. The summed E-state index contributed by atoms with van der Waals surface area (Å²) in [4.78, 5) is 2.67. The Labute approximate surface area is 174 Å². The third-order valence-corrected chi connectivity index (χ3v) is 5.15. The number of hydrogen-bond acceptors (Lipinski definition) is 7. The van der Waals surface area contributed by atoms with Gasteiger partial charge in [-0.25, -0.2) is 0 Å². The van der Waals surface area contributed by atoms with Gasteiger partial charge in [0.1, 0.15) is 23.7 Å². The number of ether oxygens (including phenoxy) is 3. The Bertz CT molecular complexity index is 821. The number of benzene rings is 2. The van der Waals surface area contributed by atoms with Gasteiger partial charge in [0.25, 0.3) is 0 Å². The van der Waals surface area contributed by atoms with Crippen molar-refractivity contribution in [1.82, 2.24) is 0 Å². The molecule has 2 aromatic rings. The fourth-order valence-electron chi connectivity index (χ4n) is 3.10. The second-order valence-corrected chi connectivity index (χ2v) is 7.18. The first-order chi connectivity index (χ1) is 14.0. The molecule has 0 amide bonds. The highest BCUT2D eigenvalue weighted by molar-refractivity contribution is 7.80. The third kappa shape index (κ3) is 5.29. The molecule has 1 fully saturated rings. The summed E-state index contributed by atoms with van der Waals surface area (Å²) in [5, 5.41) is 25.0. The van der Waals surface area contributed by atoms with E-state index >= 15 is 0 Å². The van der Waals surface area contributed by atoms with Crippen LogP contribution in [0.1, 0.15) is 11.1 Å². The molecular weight excluding hydrogens is 394 g/mol. The fourth-order valence-corrected chi connectivity index (χ4v) is 3.45. The summed E-state index contributed by atoms with van der Waals surface area (Å²) in [6.45, 7) is 0.482. The molecule has 5 atom stereocenters. The zero-order chi connectivity index (χ0) is 20.7. The maximum atomic E-state index is 10.8. The van der Waals surface area contributed by atoms with Crippen molar-refractivity contribution in [3.63, 3.8) is 0 Å². The number of aliphatic hydroxyl groups is 2. The van der Waals surface area contributed by atoms with E-state index in [0.29, 0.717) is 6.61 Å². The molecule has 1 aliphatic rings. The Balaban J connectivity index is 1.69. The molecule has 0 radical (unpaired) electrons. The predicted octanol–water partition coefficient (Wildman–Crippen LogP) is 2.80. The van der Waals surface area contributed by atoms with Gasteiger partial charge in [0.05, 0.1) is 19.8 Å². The molecule has 1 heterocycles. The smallest absolute Gasteiger partial charge is 0.208 e. The van der Waals surface area contributed by atoms with Crippen LogP contribution in [-0.2, 0) is 27.4 Å². The number of aliphatic hydroxyl groups excluding tert-OH is 1. The zero-order valence-electron chi connectivity index (χ0n) is 15.6. The first kappa shape index (κ1) is 21.6. The fraction of sp³-hybridized carbons (Fsp3) is 0.400. The molecule has 29 heavy (non-hydrogen) atoms. The lowest BCUT2D eigenvalue weighted by atomic mass is 9.95. The highest BCUT2D eigenvalue weighted by Gasteiger charge is 2.55. The van der Waals surface area contributed by atoms with Gasteiger partial charge in [-0.15, -0.1) is 12.6 Å². The van der Waals surface area contributed by atoms with Crippen LogP contribution in [0.25, 0.3) is 10.4 Å². The molecule has 0 spiro atoms. The summed E-state index contributed by atoms with van der Waals surface area (Å²) in [6, 6.07) is 18.8. The first-order valence-electron chi connectivity index (χ1n) is 9.12. The van der Waals surface area contributed by atoms with Gasteiger partial charge in [-0.1, -0.05) is 65.8 Å². The molecule has 0 bridgehead atoms. The number of thiol groups is 1. The molecule has 1 saturated heterocycles. The van der Waals surface area contributed by atoms with E-state index in [1.165, 1.54) is 0 Å². The second-order valence-electron chi connectivity index (χ2n) is 6.71. The Morgan fingerprint density at radius 1 is 1.07 bits per heavy atom. The lowest BCUT2D eigenvalue weighted by Gasteiger charge is -2.46. The van der Waals surface area contributed by atoms with E-state index in [0.717, 1.165) is 11.1 Å². The van der Waals surface area contributed by atoms with E-state index in [-0.39, 0.29) is 13.2 Å². The first-order valence-corrected chi connectivity index (χ1v) is 9.63. The van der Waals surface area contributed by atoms with Crippen molar-refractivity contribution in [2.45, 2.75) is 42.7 Å². The van der Waals surface area contributed by atoms with E-state index in [9.17, 15) is 10.2 Å². The van der Waals surface area contributed by atoms with Crippen molar-refractivity contribution in [3.8, 4) is 0 Å². The van der Waals surface area contributed by atoms with Crippen molar-refractivity contribution >= 4 is 12.6 Å². The minimum Gasteiger partial charge on any atom is -0.387 e. The van der Waals surface area contributed by atoms with E-state index < -0.39 is 29.5 Å². The Morgan fingerprint density at radius 2 is 1.66 bits per heavy atom. The SMILES string of the molecule is [N-]=[N+]=N[C@]1(O)[C@H](S)O[C@H](COCc2ccccc2)[C@@H](O)[C@@H]1OCc1ccccc1. The molecule has 8 nitrogen and oxygen atoms in total. The Morgan fingerprint density at radius 3 is 2.24 bits per heavy atom. The van der Waals surface area contributed by atoms with E-state index in [1.807, 2.05) is 60.7 Å². The molecule has 154 valence electrons. The molecular formula is C20H23N3O5S. The van der Waals surface area contributed by atoms with Crippen LogP contribution in [0, 0.1) is 0 Å². The maximum absolute atomic E-state index is 10.8. The van der Waals surface area contributed by atoms with Crippen LogP contribution >= 0.6 is 12.6 Å². The molecule has 9 heteroatoms. The van der Waals surface area contributed by atoms with Crippen LogP contribution in [0.3, 0.4) is 0 Å². The van der Waals surface area contributed by atoms with Crippen molar-refractivity contribution in [2.24, 2.45) is 5.11 Å². The summed E-state index contributed by atoms with van der Waals surface area (Å²) in [7, 11) is 0. The Hall–Kier alpha value is -2.10. The van der Waals surface area contributed by atoms with Gasteiger partial charge < -0.3 is 24.4 Å². The molecule has 0 aliphatic carbocycles. The average molecular weight is 417 g/mol. The molecule has 0 saturated carbocycles. The standard InChI is InChI=1S/C20H23N3O5S/c21-23-22-20(25)18(27-12-15-9-5-2-6-10-15)17(24)16(28-19(20)29)13-26-11-14-7-3-1-4-8-14/h1-10,16-19,24-25,29H,11-13H2/t16-,17-,18+,19+,20-/m1/s1. The molecule has 2 N–H and O–H groups in total. The van der Waals surface area contributed by atoms with Crippen molar-refractivity contribution in [3.05, 3.63) is 82.2 Å². The molecule has 2 aromatic carbocycles. The lowest BCUT2D eigenvalue weighted by Crippen LogP contribution is -2.65. The van der Waals surface area contributed by atoms with Gasteiger partial charge in [-0.3, -0.25) is 0 Å². The predicted molar refractivity (Wildman–Crippen MR) is 109 cm³/mol. The normalized spacial score (nSPS) is 29.2. The summed E-state index contributed by atoms with van der Waals surface area (Å²) in [6.07, 6.45) is -3.37. The minimum atomic E-state index is -2.18. The second kappa shape index (κ2) is 10.1. The molecule has 1 aliphatic heterocycles. The van der Waals surface area contributed by atoms with Crippen molar-refractivity contribution in [1.29, 1.82) is 0 Å². The van der Waals surface area contributed by atoms with Gasteiger partial charge in [0.15, 0.2) is 0 Å². The summed E-state index contributed by atoms with van der Waals surface area (Å²) < 4.78 is 17.0. The van der Waals surface area contributed by atoms with Crippen LogP contribution in [0.2, 0.25) is 0 Å². The molecule has 3 rings (SSSR count). The maximum Gasteiger partial charge on any atom is 0.208 e. The topological polar surface area (TPSA) is 117 Å². The van der Waals surface area contributed by atoms with Gasteiger partial charge in [0, 0.05) is 4.91 Å². The number of azide groups is 1. The number of rotatable bonds is 8. The van der Waals surface area contributed by atoms with E-state index in [4.69, 9.17) is 19.7 Å². The summed E-state index contributed by atoms with van der Waals surface area (Å²) in [5.41, 5.74) is 7.30. The Kier molecular flexibility index (Phi) is 7.51.